The lowest BCUT2D eigenvalue weighted by Gasteiger charge is -2.12. The highest BCUT2D eigenvalue weighted by molar-refractivity contribution is 9.12. The summed E-state index contributed by atoms with van der Waals surface area (Å²) in [5.41, 5.74) is 1.00. The fourth-order valence-corrected chi connectivity index (χ4v) is 4.68. The molecule has 0 radical (unpaired) electrons. The van der Waals surface area contributed by atoms with Gasteiger partial charge in [0.2, 0.25) is 0 Å². The summed E-state index contributed by atoms with van der Waals surface area (Å²) in [6.45, 7) is 0. The van der Waals surface area contributed by atoms with Crippen molar-refractivity contribution in [2.45, 2.75) is 0 Å². The van der Waals surface area contributed by atoms with Crippen molar-refractivity contribution in [3.8, 4) is 11.5 Å². The van der Waals surface area contributed by atoms with Gasteiger partial charge in [0.05, 0.1) is 38.1 Å². The van der Waals surface area contributed by atoms with Gasteiger partial charge in [-0.1, -0.05) is 11.6 Å². The first kappa shape index (κ1) is 16.6. The molecule has 1 aromatic carbocycles. The third-order valence-electron chi connectivity index (χ3n) is 2.62. The molecular formula is C13H10Br2ClNO3S. The molecule has 0 saturated heterocycles. The van der Waals surface area contributed by atoms with E-state index in [4.69, 9.17) is 21.1 Å². The molecule has 112 valence electrons. The van der Waals surface area contributed by atoms with E-state index < -0.39 is 0 Å². The summed E-state index contributed by atoms with van der Waals surface area (Å²) in [4.78, 5) is 12.3. The molecule has 0 aliphatic heterocycles. The van der Waals surface area contributed by atoms with Crippen molar-refractivity contribution in [1.82, 2.24) is 0 Å². The Morgan fingerprint density at radius 3 is 2.38 bits per heavy atom. The first-order chi connectivity index (χ1) is 9.96. The number of ether oxygens (including phenoxy) is 2. The van der Waals surface area contributed by atoms with Gasteiger partial charge in [-0.15, -0.1) is 11.3 Å². The number of hydrogen-bond acceptors (Lipinski definition) is 4. The minimum atomic E-state index is -0.261. The van der Waals surface area contributed by atoms with Gasteiger partial charge in [0.25, 0.3) is 5.91 Å². The third kappa shape index (κ3) is 3.71. The molecular weight excluding hydrogens is 445 g/mol. The van der Waals surface area contributed by atoms with E-state index in [0.29, 0.717) is 27.8 Å². The van der Waals surface area contributed by atoms with Gasteiger partial charge in [0, 0.05) is 6.07 Å². The van der Waals surface area contributed by atoms with Crippen molar-refractivity contribution in [2.24, 2.45) is 0 Å². The minimum absolute atomic E-state index is 0.261. The van der Waals surface area contributed by atoms with Gasteiger partial charge >= 0.3 is 0 Å². The second kappa shape index (κ2) is 7.00. The lowest BCUT2D eigenvalue weighted by atomic mass is 10.2. The summed E-state index contributed by atoms with van der Waals surface area (Å²) in [7, 11) is 3.02. The number of thiophene rings is 1. The summed E-state index contributed by atoms with van der Waals surface area (Å²) in [5.74, 6) is 0.685. The predicted octanol–water partition coefficient (Wildman–Crippen LogP) is 5.20. The van der Waals surface area contributed by atoms with Gasteiger partial charge in [-0.2, -0.15) is 0 Å². The van der Waals surface area contributed by atoms with Crippen molar-refractivity contribution >= 4 is 66.4 Å². The second-order valence-electron chi connectivity index (χ2n) is 3.88. The summed E-state index contributed by atoms with van der Waals surface area (Å²) in [6, 6.07) is 4.95. The van der Waals surface area contributed by atoms with E-state index in [1.165, 1.54) is 25.6 Å². The highest BCUT2D eigenvalue weighted by Gasteiger charge is 2.17. The van der Waals surface area contributed by atoms with Gasteiger partial charge in [0.15, 0.2) is 0 Å². The number of anilines is 1. The van der Waals surface area contributed by atoms with E-state index in [2.05, 4.69) is 37.2 Å². The number of benzene rings is 1. The van der Waals surface area contributed by atoms with Crippen LogP contribution in [-0.4, -0.2) is 20.1 Å². The molecule has 8 heteroatoms. The van der Waals surface area contributed by atoms with Crippen LogP contribution in [0.3, 0.4) is 0 Å². The van der Waals surface area contributed by atoms with E-state index in [0.717, 1.165) is 7.57 Å². The molecule has 1 N–H and O–H groups in total. The Hall–Kier alpha value is -0.760. The maximum Gasteiger partial charge on any atom is 0.257 e. The number of rotatable bonds is 4. The largest absolute Gasteiger partial charge is 0.495 e. The highest BCUT2D eigenvalue weighted by atomic mass is 79.9. The average Bonchev–Trinajstić information content (AvgIpc) is 2.78. The van der Waals surface area contributed by atoms with Crippen LogP contribution in [0.1, 0.15) is 10.4 Å². The number of carbonyl (C=O) groups excluding carboxylic acids is 1. The SMILES string of the molecule is COc1cc(OC)c(NC(=O)c2cc(Br)sc2Br)cc1Cl. The molecule has 0 spiro atoms. The van der Waals surface area contributed by atoms with Gasteiger partial charge < -0.3 is 14.8 Å². The van der Waals surface area contributed by atoms with Gasteiger partial charge in [-0.3, -0.25) is 4.79 Å². The summed E-state index contributed by atoms with van der Waals surface area (Å²) in [5, 5.41) is 3.16. The van der Waals surface area contributed by atoms with Crippen molar-refractivity contribution in [1.29, 1.82) is 0 Å². The molecule has 1 aromatic heterocycles. The van der Waals surface area contributed by atoms with Crippen molar-refractivity contribution in [2.75, 3.05) is 19.5 Å². The number of carbonyl (C=O) groups is 1. The first-order valence-corrected chi connectivity index (χ1v) is 8.42. The number of amides is 1. The normalized spacial score (nSPS) is 10.3. The van der Waals surface area contributed by atoms with Crippen LogP contribution < -0.4 is 14.8 Å². The van der Waals surface area contributed by atoms with Crippen LogP contribution in [0.2, 0.25) is 5.02 Å². The van der Waals surface area contributed by atoms with E-state index in [1.54, 1.807) is 18.2 Å². The van der Waals surface area contributed by atoms with Crippen LogP contribution >= 0.6 is 54.8 Å². The molecule has 0 aliphatic carbocycles. The highest BCUT2D eigenvalue weighted by Crippen LogP contribution is 2.37. The van der Waals surface area contributed by atoms with Crippen molar-refractivity contribution in [3.05, 3.63) is 36.4 Å². The Morgan fingerprint density at radius 2 is 1.86 bits per heavy atom. The van der Waals surface area contributed by atoms with E-state index in [-0.39, 0.29) is 5.91 Å². The predicted molar refractivity (Wildman–Crippen MR) is 92.2 cm³/mol. The van der Waals surface area contributed by atoms with Gasteiger partial charge in [-0.05, 0) is 44.0 Å². The Labute approximate surface area is 147 Å². The fraction of sp³-hybridized carbons (Fsp3) is 0.154. The number of nitrogens with one attached hydrogen (secondary N) is 1. The van der Waals surface area contributed by atoms with Gasteiger partial charge in [0.1, 0.15) is 11.5 Å². The Kier molecular flexibility index (Phi) is 5.54. The van der Waals surface area contributed by atoms with Gasteiger partial charge in [-0.25, -0.2) is 0 Å². The van der Waals surface area contributed by atoms with Crippen LogP contribution in [0.25, 0.3) is 0 Å². The molecule has 1 heterocycles. The van der Waals surface area contributed by atoms with E-state index >= 15 is 0 Å². The standard InChI is InChI=1S/C13H10Br2ClNO3S/c1-19-9-5-10(20-2)8(4-7(9)16)17-13(18)6-3-11(14)21-12(6)15/h3-5H,1-2H3,(H,17,18). The quantitative estimate of drug-likeness (QED) is 0.690. The number of halogens is 3. The molecule has 1 amide bonds. The average molecular weight is 456 g/mol. The van der Waals surface area contributed by atoms with Crippen molar-refractivity contribution < 1.29 is 14.3 Å². The zero-order chi connectivity index (χ0) is 15.6. The van der Waals surface area contributed by atoms with Crippen LogP contribution in [0.15, 0.2) is 25.8 Å². The molecule has 0 unspecified atom stereocenters. The molecule has 2 rings (SSSR count). The van der Waals surface area contributed by atoms with Crippen LogP contribution in [0.5, 0.6) is 11.5 Å². The zero-order valence-electron chi connectivity index (χ0n) is 11.0. The van der Waals surface area contributed by atoms with Crippen LogP contribution in [-0.2, 0) is 0 Å². The molecule has 4 nitrogen and oxygen atoms in total. The van der Waals surface area contributed by atoms with Crippen molar-refractivity contribution in [3.63, 3.8) is 0 Å². The fourth-order valence-electron chi connectivity index (χ4n) is 1.64. The Bertz CT molecular complexity index is 690. The molecule has 2 aromatic rings. The molecule has 0 saturated carbocycles. The first-order valence-electron chi connectivity index (χ1n) is 5.64. The smallest absolute Gasteiger partial charge is 0.257 e. The lowest BCUT2D eigenvalue weighted by Crippen LogP contribution is -2.12. The third-order valence-corrected chi connectivity index (χ3v) is 5.26. The zero-order valence-corrected chi connectivity index (χ0v) is 15.7. The van der Waals surface area contributed by atoms with E-state index in [1.807, 2.05) is 0 Å². The maximum absolute atomic E-state index is 12.3. The molecule has 0 fully saturated rings. The maximum atomic E-state index is 12.3. The molecule has 0 aliphatic rings. The van der Waals surface area contributed by atoms with Crippen LogP contribution in [0, 0.1) is 0 Å². The Morgan fingerprint density at radius 1 is 1.19 bits per heavy atom. The minimum Gasteiger partial charge on any atom is -0.495 e. The lowest BCUT2D eigenvalue weighted by molar-refractivity contribution is 0.102. The Balaban J connectivity index is 2.32. The second-order valence-corrected chi connectivity index (χ2v) is 8.04. The topological polar surface area (TPSA) is 47.6 Å². The molecule has 21 heavy (non-hydrogen) atoms. The summed E-state index contributed by atoms with van der Waals surface area (Å²) in [6.07, 6.45) is 0. The number of hydrogen-bond donors (Lipinski definition) is 1. The van der Waals surface area contributed by atoms with E-state index in [9.17, 15) is 4.79 Å². The molecule has 0 atom stereocenters. The summed E-state index contributed by atoms with van der Waals surface area (Å²) >= 11 is 14.2. The monoisotopic (exact) mass is 453 g/mol. The molecule has 0 bridgehead atoms. The summed E-state index contributed by atoms with van der Waals surface area (Å²) < 4.78 is 12.0. The number of methoxy groups -OCH3 is 2. The van der Waals surface area contributed by atoms with Crippen LogP contribution in [0.4, 0.5) is 5.69 Å².